The lowest BCUT2D eigenvalue weighted by Gasteiger charge is -2.13. The van der Waals surface area contributed by atoms with Gasteiger partial charge in [0.25, 0.3) is 5.91 Å². The molecule has 7 heteroatoms. The molecule has 2 aromatic carbocycles. The van der Waals surface area contributed by atoms with Gasteiger partial charge in [-0.05, 0) is 54.4 Å². The Morgan fingerprint density at radius 1 is 1.04 bits per heavy atom. The van der Waals surface area contributed by atoms with Gasteiger partial charge in [0.2, 0.25) is 0 Å². The molecule has 0 aliphatic rings. The number of ether oxygens (including phenoxy) is 3. The standard InChI is InChI=1S/C20H22ClNO5/c1-13-10-17(25-2)18(26-3)11-15(13)12-27-19(23)8-9-22-20(24)14-4-6-16(21)7-5-14/h4-7,10-11H,8-9,12H2,1-3H3,(H,22,24). The van der Waals surface area contributed by atoms with Crippen molar-refractivity contribution in [2.45, 2.75) is 20.0 Å². The summed E-state index contributed by atoms with van der Waals surface area (Å²) in [5.41, 5.74) is 2.23. The number of amides is 1. The van der Waals surface area contributed by atoms with Gasteiger partial charge < -0.3 is 19.5 Å². The topological polar surface area (TPSA) is 73.9 Å². The molecule has 0 saturated heterocycles. The summed E-state index contributed by atoms with van der Waals surface area (Å²) in [7, 11) is 3.11. The molecule has 0 spiro atoms. The zero-order valence-corrected chi connectivity index (χ0v) is 16.3. The van der Waals surface area contributed by atoms with Crippen LogP contribution in [0.25, 0.3) is 0 Å². The molecule has 0 fully saturated rings. The van der Waals surface area contributed by atoms with Crippen molar-refractivity contribution in [3.8, 4) is 11.5 Å². The van der Waals surface area contributed by atoms with Gasteiger partial charge in [0.15, 0.2) is 11.5 Å². The number of rotatable bonds is 8. The monoisotopic (exact) mass is 391 g/mol. The third-order valence-electron chi connectivity index (χ3n) is 3.95. The average molecular weight is 392 g/mol. The van der Waals surface area contributed by atoms with Crippen LogP contribution in [0.5, 0.6) is 11.5 Å². The van der Waals surface area contributed by atoms with Gasteiger partial charge in [-0.3, -0.25) is 9.59 Å². The third kappa shape index (κ3) is 5.89. The second-order valence-electron chi connectivity index (χ2n) is 5.81. The predicted octanol–water partition coefficient (Wildman–Crippen LogP) is 3.53. The van der Waals surface area contributed by atoms with Crippen molar-refractivity contribution in [2.75, 3.05) is 20.8 Å². The average Bonchev–Trinajstić information content (AvgIpc) is 2.67. The molecule has 27 heavy (non-hydrogen) atoms. The van der Waals surface area contributed by atoms with Crippen LogP contribution in [-0.4, -0.2) is 32.6 Å². The number of hydrogen-bond acceptors (Lipinski definition) is 5. The predicted molar refractivity (Wildman–Crippen MR) is 102 cm³/mol. The Labute approximate surface area is 163 Å². The van der Waals surface area contributed by atoms with E-state index in [-0.39, 0.29) is 25.5 Å². The summed E-state index contributed by atoms with van der Waals surface area (Å²) in [6.45, 7) is 2.21. The molecule has 0 aliphatic carbocycles. The number of carbonyl (C=O) groups is 2. The van der Waals surface area contributed by atoms with Crippen LogP contribution in [0.2, 0.25) is 5.02 Å². The molecule has 1 amide bonds. The van der Waals surface area contributed by atoms with E-state index >= 15 is 0 Å². The molecule has 0 radical (unpaired) electrons. The van der Waals surface area contributed by atoms with E-state index in [9.17, 15) is 9.59 Å². The number of nitrogens with one attached hydrogen (secondary N) is 1. The fraction of sp³-hybridized carbons (Fsp3) is 0.300. The Hall–Kier alpha value is -2.73. The van der Waals surface area contributed by atoms with Gasteiger partial charge in [-0.25, -0.2) is 0 Å². The van der Waals surface area contributed by atoms with Crippen LogP contribution < -0.4 is 14.8 Å². The minimum absolute atomic E-state index is 0.0751. The van der Waals surface area contributed by atoms with E-state index in [2.05, 4.69) is 5.32 Å². The minimum Gasteiger partial charge on any atom is -0.493 e. The van der Waals surface area contributed by atoms with Crippen LogP contribution in [-0.2, 0) is 16.1 Å². The number of benzene rings is 2. The van der Waals surface area contributed by atoms with Gasteiger partial charge in [-0.2, -0.15) is 0 Å². The van der Waals surface area contributed by atoms with Gasteiger partial charge in [-0.1, -0.05) is 11.6 Å². The van der Waals surface area contributed by atoms with Crippen molar-refractivity contribution >= 4 is 23.5 Å². The van der Waals surface area contributed by atoms with Gasteiger partial charge >= 0.3 is 5.97 Å². The van der Waals surface area contributed by atoms with Crippen LogP contribution >= 0.6 is 11.6 Å². The number of halogens is 1. The summed E-state index contributed by atoms with van der Waals surface area (Å²) >= 11 is 5.79. The molecule has 6 nitrogen and oxygen atoms in total. The van der Waals surface area contributed by atoms with Crippen LogP contribution in [0.3, 0.4) is 0 Å². The number of hydrogen-bond donors (Lipinski definition) is 1. The Morgan fingerprint density at radius 3 is 2.30 bits per heavy atom. The van der Waals surface area contributed by atoms with Crippen molar-refractivity contribution in [2.24, 2.45) is 0 Å². The van der Waals surface area contributed by atoms with E-state index in [1.54, 1.807) is 44.6 Å². The SMILES string of the molecule is COc1cc(C)c(COC(=O)CCNC(=O)c2ccc(Cl)cc2)cc1OC. The molecule has 1 N–H and O–H groups in total. The number of methoxy groups -OCH3 is 2. The third-order valence-corrected chi connectivity index (χ3v) is 4.20. The van der Waals surface area contributed by atoms with Crippen molar-refractivity contribution in [3.63, 3.8) is 0 Å². The number of carbonyl (C=O) groups excluding carboxylic acids is 2. The highest BCUT2D eigenvalue weighted by Gasteiger charge is 2.11. The molecule has 0 aromatic heterocycles. The maximum absolute atomic E-state index is 12.0. The summed E-state index contributed by atoms with van der Waals surface area (Å²) < 4.78 is 15.8. The normalized spacial score (nSPS) is 10.2. The van der Waals surface area contributed by atoms with Crippen molar-refractivity contribution in [1.29, 1.82) is 0 Å². The molecule has 0 aliphatic heterocycles. The van der Waals surface area contributed by atoms with Gasteiger partial charge in [0.1, 0.15) is 6.61 Å². The van der Waals surface area contributed by atoms with E-state index < -0.39 is 5.97 Å². The Morgan fingerprint density at radius 2 is 1.67 bits per heavy atom. The molecule has 0 heterocycles. The molecular formula is C20H22ClNO5. The highest BCUT2D eigenvalue weighted by molar-refractivity contribution is 6.30. The summed E-state index contributed by atoms with van der Waals surface area (Å²) in [4.78, 5) is 23.9. The second kappa shape index (κ2) is 9.83. The van der Waals surface area contributed by atoms with Gasteiger partial charge in [0, 0.05) is 17.1 Å². The van der Waals surface area contributed by atoms with E-state index in [1.807, 2.05) is 13.0 Å². The smallest absolute Gasteiger partial charge is 0.307 e. The van der Waals surface area contributed by atoms with Crippen molar-refractivity contribution in [3.05, 3.63) is 58.1 Å². The molecule has 2 rings (SSSR count). The number of aryl methyl sites for hydroxylation is 1. The maximum Gasteiger partial charge on any atom is 0.307 e. The molecule has 0 unspecified atom stereocenters. The molecule has 144 valence electrons. The Kier molecular flexibility index (Phi) is 7.49. The van der Waals surface area contributed by atoms with E-state index in [0.29, 0.717) is 22.1 Å². The summed E-state index contributed by atoms with van der Waals surface area (Å²) in [6.07, 6.45) is 0.0751. The number of esters is 1. The van der Waals surface area contributed by atoms with Crippen LogP contribution in [0, 0.1) is 6.92 Å². The molecule has 0 saturated carbocycles. The van der Waals surface area contributed by atoms with Crippen LogP contribution in [0.15, 0.2) is 36.4 Å². The van der Waals surface area contributed by atoms with E-state index in [4.69, 9.17) is 25.8 Å². The first-order valence-corrected chi connectivity index (χ1v) is 8.73. The summed E-state index contributed by atoms with van der Waals surface area (Å²) in [5, 5.41) is 3.23. The molecular weight excluding hydrogens is 370 g/mol. The summed E-state index contributed by atoms with van der Waals surface area (Å²) in [5.74, 6) is 0.523. The maximum atomic E-state index is 12.0. The second-order valence-corrected chi connectivity index (χ2v) is 6.24. The van der Waals surface area contributed by atoms with Gasteiger partial charge in [-0.15, -0.1) is 0 Å². The Bertz CT molecular complexity index is 805. The first kappa shape index (κ1) is 20.6. The quantitative estimate of drug-likeness (QED) is 0.697. The van der Waals surface area contributed by atoms with E-state index in [0.717, 1.165) is 11.1 Å². The lowest BCUT2D eigenvalue weighted by molar-refractivity contribution is -0.144. The first-order valence-electron chi connectivity index (χ1n) is 8.35. The van der Waals surface area contributed by atoms with Crippen molar-refractivity contribution in [1.82, 2.24) is 5.32 Å². The molecule has 2 aromatic rings. The van der Waals surface area contributed by atoms with Crippen LogP contribution in [0.4, 0.5) is 0 Å². The zero-order valence-electron chi connectivity index (χ0n) is 15.5. The minimum atomic E-state index is -0.402. The fourth-order valence-electron chi connectivity index (χ4n) is 2.39. The lowest BCUT2D eigenvalue weighted by atomic mass is 10.1. The first-order chi connectivity index (χ1) is 12.9. The summed E-state index contributed by atoms with van der Waals surface area (Å²) in [6, 6.07) is 10.1. The van der Waals surface area contributed by atoms with Crippen LogP contribution in [0.1, 0.15) is 27.9 Å². The van der Waals surface area contributed by atoms with Crippen molar-refractivity contribution < 1.29 is 23.8 Å². The van der Waals surface area contributed by atoms with Gasteiger partial charge in [0.05, 0.1) is 20.6 Å². The molecule has 0 atom stereocenters. The highest BCUT2D eigenvalue weighted by atomic mass is 35.5. The fourth-order valence-corrected chi connectivity index (χ4v) is 2.52. The zero-order chi connectivity index (χ0) is 19.8. The molecule has 0 bridgehead atoms. The van der Waals surface area contributed by atoms with E-state index in [1.165, 1.54) is 0 Å². The largest absolute Gasteiger partial charge is 0.493 e. The Balaban J connectivity index is 1.81. The highest BCUT2D eigenvalue weighted by Crippen LogP contribution is 2.30. The lowest BCUT2D eigenvalue weighted by Crippen LogP contribution is -2.26.